The summed E-state index contributed by atoms with van der Waals surface area (Å²) in [5.41, 5.74) is 10.2. The van der Waals surface area contributed by atoms with Crippen molar-refractivity contribution in [1.82, 2.24) is 5.32 Å². The van der Waals surface area contributed by atoms with Crippen molar-refractivity contribution in [1.29, 1.82) is 0 Å². The summed E-state index contributed by atoms with van der Waals surface area (Å²) in [4.78, 5) is 4.31. The third-order valence-corrected chi connectivity index (χ3v) is 4.47. The lowest BCUT2D eigenvalue weighted by Gasteiger charge is -2.25. The van der Waals surface area contributed by atoms with Crippen molar-refractivity contribution in [3.05, 3.63) is 47.5 Å². The van der Waals surface area contributed by atoms with E-state index in [1.165, 1.54) is 16.7 Å². The van der Waals surface area contributed by atoms with Gasteiger partial charge in [0.15, 0.2) is 5.96 Å². The summed E-state index contributed by atoms with van der Waals surface area (Å²) in [7, 11) is 0. The normalized spacial score (nSPS) is 28.7. The number of benzene rings is 1. The van der Waals surface area contributed by atoms with Crippen molar-refractivity contribution in [3.63, 3.8) is 0 Å². The molecule has 3 atom stereocenters. The topological polar surface area (TPSA) is 50.4 Å². The molecule has 3 N–H and O–H groups in total. The molecule has 3 nitrogen and oxygen atoms in total. The minimum absolute atomic E-state index is 0.341. The monoisotopic (exact) mass is 255 g/mol. The van der Waals surface area contributed by atoms with E-state index in [0.29, 0.717) is 23.8 Å². The van der Waals surface area contributed by atoms with Crippen LogP contribution in [0.5, 0.6) is 0 Å². The van der Waals surface area contributed by atoms with Crippen LogP contribution in [0.2, 0.25) is 0 Å². The molecule has 0 fully saturated rings. The fourth-order valence-corrected chi connectivity index (χ4v) is 3.63. The van der Waals surface area contributed by atoms with Crippen LogP contribution < -0.4 is 11.1 Å². The lowest BCUT2D eigenvalue weighted by molar-refractivity contribution is 0.390. The lowest BCUT2D eigenvalue weighted by atomic mass is 9.84. The number of hydrogen-bond acceptors (Lipinski definition) is 3. The van der Waals surface area contributed by atoms with Gasteiger partial charge < -0.3 is 11.1 Å². The largest absolute Gasteiger partial charge is 0.370 e. The maximum Gasteiger partial charge on any atom is 0.188 e. The number of aliphatic imine (C=N–C) groups is 1. The Morgan fingerprint density at radius 3 is 3.05 bits per heavy atom. The van der Waals surface area contributed by atoms with Gasteiger partial charge in [-0.2, -0.15) is 0 Å². The van der Waals surface area contributed by atoms with Crippen molar-refractivity contribution < 1.29 is 0 Å². The molecule has 0 saturated heterocycles. The van der Waals surface area contributed by atoms with Crippen LogP contribution in [0.3, 0.4) is 0 Å². The first-order valence-electron chi connectivity index (χ1n) is 6.96. The molecule has 19 heavy (non-hydrogen) atoms. The van der Waals surface area contributed by atoms with Crippen LogP contribution >= 0.6 is 0 Å². The van der Waals surface area contributed by atoms with Crippen LogP contribution in [0.4, 0.5) is 0 Å². The Balaban J connectivity index is 1.95. The van der Waals surface area contributed by atoms with Gasteiger partial charge in [0.2, 0.25) is 0 Å². The number of aryl methyl sites for hydroxylation is 1. The predicted molar refractivity (Wildman–Crippen MR) is 79.3 cm³/mol. The van der Waals surface area contributed by atoms with Crippen molar-refractivity contribution in [2.75, 3.05) is 6.54 Å². The Labute approximate surface area is 114 Å². The van der Waals surface area contributed by atoms with E-state index in [2.05, 4.69) is 42.0 Å². The van der Waals surface area contributed by atoms with Crippen molar-refractivity contribution >= 4 is 5.96 Å². The summed E-state index contributed by atoms with van der Waals surface area (Å²) in [6.45, 7) is 6.91. The first-order valence-corrected chi connectivity index (χ1v) is 6.96. The van der Waals surface area contributed by atoms with Crippen LogP contribution in [-0.2, 0) is 6.42 Å². The minimum Gasteiger partial charge on any atom is -0.370 e. The zero-order chi connectivity index (χ0) is 13.4. The summed E-state index contributed by atoms with van der Waals surface area (Å²) < 4.78 is 0. The van der Waals surface area contributed by atoms with E-state index in [1.807, 2.05) is 6.08 Å². The molecule has 3 rings (SSSR count). The maximum atomic E-state index is 5.78. The number of allylic oxidation sites excluding steroid dienone is 1. The van der Waals surface area contributed by atoms with Gasteiger partial charge in [0.25, 0.3) is 0 Å². The molecule has 0 bridgehead atoms. The van der Waals surface area contributed by atoms with Crippen LogP contribution in [0.1, 0.15) is 29.0 Å². The van der Waals surface area contributed by atoms with Crippen molar-refractivity contribution in [3.8, 4) is 0 Å². The van der Waals surface area contributed by atoms with Crippen molar-refractivity contribution in [2.45, 2.75) is 31.7 Å². The lowest BCUT2D eigenvalue weighted by Crippen LogP contribution is -2.40. The Hall–Kier alpha value is -1.77. The molecule has 2 aliphatic rings. The highest BCUT2D eigenvalue weighted by Crippen LogP contribution is 2.43. The molecule has 1 heterocycles. The number of rotatable bonds is 3. The number of hydrogen-bond donors (Lipinski definition) is 2. The highest BCUT2D eigenvalue weighted by molar-refractivity contribution is 5.80. The smallest absolute Gasteiger partial charge is 0.188 e. The molecule has 1 aromatic rings. The molecule has 1 aliphatic heterocycles. The van der Waals surface area contributed by atoms with E-state index in [1.54, 1.807) is 0 Å². The molecule has 0 spiro atoms. The van der Waals surface area contributed by atoms with Crippen LogP contribution in [0.25, 0.3) is 0 Å². The van der Waals surface area contributed by atoms with E-state index in [4.69, 9.17) is 5.73 Å². The Morgan fingerprint density at radius 1 is 1.53 bits per heavy atom. The average molecular weight is 255 g/mol. The fourth-order valence-electron chi connectivity index (χ4n) is 3.63. The second kappa shape index (κ2) is 4.72. The molecule has 0 radical (unpaired) electrons. The van der Waals surface area contributed by atoms with Gasteiger partial charge in [-0.05, 0) is 42.4 Å². The second-order valence-corrected chi connectivity index (χ2v) is 5.63. The fraction of sp³-hybridized carbons (Fsp3) is 0.438. The molecular formula is C16H21N3. The Morgan fingerprint density at radius 2 is 2.37 bits per heavy atom. The van der Waals surface area contributed by atoms with E-state index in [-0.39, 0.29) is 0 Å². The highest BCUT2D eigenvalue weighted by atomic mass is 15.2. The van der Waals surface area contributed by atoms with Crippen LogP contribution in [0, 0.1) is 12.8 Å². The van der Waals surface area contributed by atoms with E-state index >= 15 is 0 Å². The molecule has 0 amide bonds. The molecule has 3 unspecified atom stereocenters. The van der Waals surface area contributed by atoms with Gasteiger partial charge >= 0.3 is 0 Å². The molecule has 0 saturated carbocycles. The summed E-state index contributed by atoms with van der Waals surface area (Å²) in [6.07, 6.45) is 4.24. The van der Waals surface area contributed by atoms with E-state index < -0.39 is 0 Å². The predicted octanol–water partition coefficient (Wildman–Crippen LogP) is 2.11. The number of nitrogens with zero attached hydrogens (tertiary/aromatic N) is 1. The average Bonchev–Trinajstić information content (AvgIpc) is 2.94. The molecule has 1 aromatic carbocycles. The summed E-state index contributed by atoms with van der Waals surface area (Å²) in [6, 6.07) is 6.98. The summed E-state index contributed by atoms with van der Waals surface area (Å²) >= 11 is 0. The van der Waals surface area contributed by atoms with Gasteiger partial charge in [-0.15, -0.1) is 6.58 Å². The number of fused-ring (bicyclic) bond motifs is 1. The molecule has 100 valence electrons. The first-order chi connectivity index (χ1) is 9.20. The third-order valence-electron chi connectivity index (χ3n) is 4.47. The highest BCUT2D eigenvalue weighted by Gasteiger charge is 2.39. The van der Waals surface area contributed by atoms with E-state index in [0.717, 1.165) is 19.4 Å². The number of guanidine groups is 1. The SMILES string of the molecule is C=CCC1Cc2c(C)cccc2C1C1CN=C(N)N1. The minimum atomic E-state index is 0.341. The Bertz CT molecular complexity index is 533. The number of nitrogens with one attached hydrogen (secondary N) is 1. The molecule has 1 aliphatic carbocycles. The summed E-state index contributed by atoms with van der Waals surface area (Å²) in [5.74, 6) is 1.70. The van der Waals surface area contributed by atoms with Crippen LogP contribution in [-0.4, -0.2) is 18.5 Å². The van der Waals surface area contributed by atoms with Gasteiger partial charge in [-0.3, -0.25) is 4.99 Å². The molecule has 3 heteroatoms. The van der Waals surface area contributed by atoms with E-state index in [9.17, 15) is 0 Å². The molecular weight excluding hydrogens is 234 g/mol. The third kappa shape index (κ3) is 2.03. The Kier molecular flexibility index (Phi) is 3.05. The molecule has 0 aromatic heterocycles. The van der Waals surface area contributed by atoms with Crippen molar-refractivity contribution in [2.24, 2.45) is 16.6 Å². The quantitative estimate of drug-likeness (QED) is 0.813. The van der Waals surface area contributed by atoms with Gasteiger partial charge in [0.1, 0.15) is 0 Å². The zero-order valence-corrected chi connectivity index (χ0v) is 11.4. The van der Waals surface area contributed by atoms with Gasteiger partial charge in [-0.1, -0.05) is 24.3 Å². The summed E-state index contributed by atoms with van der Waals surface area (Å²) in [5, 5.41) is 3.34. The first kappa shape index (κ1) is 12.3. The van der Waals surface area contributed by atoms with Gasteiger partial charge in [0.05, 0.1) is 12.6 Å². The number of nitrogens with two attached hydrogens (primary N) is 1. The zero-order valence-electron chi connectivity index (χ0n) is 11.4. The standard InChI is InChI=1S/C16H21N3/c1-3-5-11-8-13-10(2)6-4-7-12(13)15(11)14-9-18-16(17)19-14/h3-4,6-7,11,14-15H,1,5,8-9H2,2H3,(H3,17,18,19). The maximum absolute atomic E-state index is 5.78. The second-order valence-electron chi connectivity index (χ2n) is 5.63. The van der Waals surface area contributed by atoms with Gasteiger partial charge in [-0.25, -0.2) is 0 Å². The van der Waals surface area contributed by atoms with Crippen LogP contribution in [0.15, 0.2) is 35.8 Å². The van der Waals surface area contributed by atoms with Gasteiger partial charge in [0, 0.05) is 5.92 Å².